The molecule has 4 nitrogen and oxygen atoms in total. The Balaban J connectivity index is 1.48. The van der Waals surface area contributed by atoms with Gasteiger partial charge in [-0.2, -0.15) is 0 Å². The maximum atomic E-state index is 5.96. The number of hydrogen-bond acceptors (Lipinski definition) is 4. The van der Waals surface area contributed by atoms with E-state index in [1.165, 1.54) is 0 Å². The van der Waals surface area contributed by atoms with Crippen LogP contribution in [0.25, 0.3) is 0 Å². The molecule has 110 valence electrons. The van der Waals surface area contributed by atoms with Gasteiger partial charge >= 0.3 is 0 Å². The Morgan fingerprint density at radius 1 is 1.20 bits per heavy atom. The summed E-state index contributed by atoms with van der Waals surface area (Å²) < 4.78 is 17.4. The Labute approximate surface area is 120 Å². The summed E-state index contributed by atoms with van der Waals surface area (Å²) in [6.45, 7) is 4.49. The minimum absolute atomic E-state index is 0.0906. The van der Waals surface area contributed by atoms with Crippen molar-refractivity contribution in [1.29, 1.82) is 0 Å². The van der Waals surface area contributed by atoms with E-state index in [4.69, 9.17) is 14.2 Å². The number of rotatable bonds is 4. The van der Waals surface area contributed by atoms with Crippen molar-refractivity contribution in [3.05, 3.63) is 24.3 Å². The Bertz CT molecular complexity index is 437. The van der Waals surface area contributed by atoms with Crippen molar-refractivity contribution in [2.24, 2.45) is 0 Å². The molecule has 0 aliphatic carbocycles. The van der Waals surface area contributed by atoms with Gasteiger partial charge in [0.1, 0.15) is 12.7 Å². The minimum Gasteiger partial charge on any atom is -0.486 e. The smallest absolute Gasteiger partial charge is 0.161 e. The van der Waals surface area contributed by atoms with E-state index in [9.17, 15) is 0 Å². The Hall–Kier alpha value is -1.26. The minimum atomic E-state index is 0.0906. The average molecular weight is 277 g/mol. The van der Waals surface area contributed by atoms with Crippen molar-refractivity contribution in [2.45, 2.75) is 44.4 Å². The highest BCUT2D eigenvalue weighted by molar-refractivity contribution is 5.40. The average Bonchev–Trinajstić information content (AvgIpc) is 2.53. The van der Waals surface area contributed by atoms with E-state index in [0.717, 1.165) is 43.9 Å². The summed E-state index contributed by atoms with van der Waals surface area (Å²) in [6, 6.07) is 8.39. The lowest BCUT2D eigenvalue weighted by Gasteiger charge is -2.32. The second kappa shape index (κ2) is 6.46. The van der Waals surface area contributed by atoms with Gasteiger partial charge in [0.15, 0.2) is 11.5 Å². The maximum absolute atomic E-state index is 5.96. The normalized spacial score (nSPS) is 29.1. The first-order valence-corrected chi connectivity index (χ1v) is 7.58. The number of fused-ring (bicyclic) bond motifs is 1. The van der Waals surface area contributed by atoms with Crippen LogP contribution in [0.15, 0.2) is 24.3 Å². The molecule has 3 atom stereocenters. The lowest BCUT2D eigenvalue weighted by Crippen LogP contribution is -2.45. The standard InChI is InChI=1S/C16H23NO3/c1-2-13-9-12(7-8-18-13)17-10-14-11-19-15-5-3-4-6-16(15)20-14/h3-6,12-14,17H,2,7-11H2,1H3. The van der Waals surface area contributed by atoms with Crippen molar-refractivity contribution in [2.75, 3.05) is 19.8 Å². The highest BCUT2D eigenvalue weighted by Crippen LogP contribution is 2.30. The first-order valence-electron chi connectivity index (χ1n) is 7.58. The van der Waals surface area contributed by atoms with E-state index in [-0.39, 0.29) is 6.10 Å². The van der Waals surface area contributed by atoms with Crippen molar-refractivity contribution >= 4 is 0 Å². The molecule has 2 heterocycles. The quantitative estimate of drug-likeness (QED) is 0.917. The monoisotopic (exact) mass is 277 g/mol. The van der Waals surface area contributed by atoms with Crippen molar-refractivity contribution < 1.29 is 14.2 Å². The van der Waals surface area contributed by atoms with Gasteiger partial charge in [-0.05, 0) is 31.4 Å². The molecule has 1 aromatic rings. The van der Waals surface area contributed by atoms with Gasteiger partial charge in [-0.1, -0.05) is 19.1 Å². The third kappa shape index (κ3) is 3.25. The topological polar surface area (TPSA) is 39.7 Å². The fourth-order valence-electron chi connectivity index (χ4n) is 2.81. The summed E-state index contributed by atoms with van der Waals surface area (Å²) >= 11 is 0. The van der Waals surface area contributed by atoms with Gasteiger partial charge in [-0.15, -0.1) is 0 Å². The van der Waals surface area contributed by atoms with Crippen LogP contribution in [0.1, 0.15) is 26.2 Å². The van der Waals surface area contributed by atoms with Crippen LogP contribution in [0, 0.1) is 0 Å². The number of ether oxygens (including phenoxy) is 3. The molecule has 20 heavy (non-hydrogen) atoms. The van der Waals surface area contributed by atoms with E-state index in [0.29, 0.717) is 18.8 Å². The molecule has 2 aliphatic heterocycles. The summed E-state index contributed by atoms with van der Waals surface area (Å²) in [5.41, 5.74) is 0. The molecule has 1 aromatic carbocycles. The van der Waals surface area contributed by atoms with E-state index in [2.05, 4.69) is 12.2 Å². The summed E-state index contributed by atoms with van der Waals surface area (Å²) in [6.07, 6.45) is 3.77. The molecule has 0 spiro atoms. The largest absolute Gasteiger partial charge is 0.486 e. The zero-order chi connectivity index (χ0) is 13.8. The van der Waals surface area contributed by atoms with Gasteiger partial charge < -0.3 is 19.5 Å². The summed E-state index contributed by atoms with van der Waals surface area (Å²) in [5.74, 6) is 1.70. The van der Waals surface area contributed by atoms with Crippen LogP contribution < -0.4 is 14.8 Å². The Morgan fingerprint density at radius 3 is 2.90 bits per heavy atom. The highest BCUT2D eigenvalue weighted by atomic mass is 16.6. The van der Waals surface area contributed by atoms with Gasteiger partial charge in [0.05, 0.1) is 6.10 Å². The molecule has 1 N–H and O–H groups in total. The predicted molar refractivity (Wildman–Crippen MR) is 77.4 cm³/mol. The van der Waals surface area contributed by atoms with Crippen LogP contribution in [0.5, 0.6) is 11.5 Å². The fourth-order valence-corrected chi connectivity index (χ4v) is 2.81. The molecule has 0 amide bonds. The van der Waals surface area contributed by atoms with E-state index in [1.807, 2.05) is 24.3 Å². The molecular weight excluding hydrogens is 254 g/mol. The van der Waals surface area contributed by atoms with Gasteiger partial charge in [0.25, 0.3) is 0 Å². The highest BCUT2D eigenvalue weighted by Gasteiger charge is 2.24. The number of benzene rings is 1. The molecule has 0 aromatic heterocycles. The molecule has 1 saturated heterocycles. The number of para-hydroxylation sites is 2. The molecular formula is C16H23NO3. The predicted octanol–water partition coefficient (Wildman–Crippen LogP) is 2.37. The Morgan fingerprint density at radius 2 is 2.05 bits per heavy atom. The summed E-state index contributed by atoms with van der Waals surface area (Å²) in [4.78, 5) is 0. The zero-order valence-electron chi connectivity index (χ0n) is 12.0. The van der Waals surface area contributed by atoms with E-state index < -0.39 is 0 Å². The first kappa shape index (κ1) is 13.7. The lowest BCUT2D eigenvalue weighted by molar-refractivity contribution is -0.00311. The molecule has 0 radical (unpaired) electrons. The summed E-state index contributed by atoms with van der Waals surface area (Å²) in [5, 5.41) is 3.60. The van der Waals surface area contributed by atoms with Crippen molar-refractivity contribution in [3.63, 3.8) is 0 Å². The number of hydrogen-bond donors (Lipinski definition) is 1. The second-order valence-corrected chi connectivity index (χ2v) is 5.53. The van der Waals surface area contributed by atoms with Gasteiger partial charge in [-0.3, -0.25) is 0 Å². The first-order chi connectivity index (χ1) is 9.85. The molecule has 4 heteroatoms. The van der Waals surface area contributed by atoms with E-state index in [1.54, 1.807) is 0 Å². The molecule has 3 unspecified atom stereocenters. The van der Waals surface area contributed by atoms with E-state index >= 15 is 0 Å². The molecule has 1 fully saturated rings. The van der Waals surface area contributed by atoms with Gasteiger partial charge in [-0.25, -0.2) is 0 Å². The summed E-state index contributed by atoms with van der Waals surface area (Å²) in [7, 11) is 0. The van der Waals surface area contributed by atoms with Crippen LogP contribution >= 0.6 is 0 Å². The number of nitrogens with one attached hydrogen (secondary N) is 1. The van der Waals surface area contributed by atoms with Crippen LogP contribution in [-0.4, -0.2) is 38.0 Å². The maximum Gasteiger partial charge on any atom is 0.161 e. The molecule has 2 aliphatic rings. The van der Waals surface area contributed by atoms with Crippen LogP contribution in [0.4, 0.5) is 0 Å². The Kier molecular flexibility index (Phi) is 4.43. The SMILES string of the molecule is CCC1CC(NCC2COc3ccccc3O2)CCO1. The molecule has 0 bridgehead atoms. The van der Waals surface area contributed by atoms with Crippen molar-refractivity contribution in [3.8, 4) is 11.5 Å². The lowest BCUT2D eigenvalue weighted by atomic mass is 10.0. The molecule has 3 rings (SSSR count). The van der Waals surface area contributed by atoms with Gasteiger partial charge in [0, 0.05) is 19.2 Å². The van der Waals surface area contributed by atoms with Gasteiger partial charge in [0.2, 0.25) is 0 Å². The second-order valence-electron chi connectivity index (χ2n) is 5.53. The van der Waals surface area contributed by atoms with Crippen LogP contribution in [-0.2, 0) is 4.74 Å². The third-order valence-corrected chi connectivity index (χ3v) is 4.02. The van der Waals surface area contributed by atoms with Crippen LogP contribution in [0.2, 0.25) is 0 Å². The van der Waals surface area contributed by atoms with Crippen molar-refractivity contribution in [1.82, 2.24) is 5.32 Å². The molecule has 0 saturated carbocycles. The zero-order valence-corrected chi connectivity index (χ0v) is 12.0. The van der Waals surface area contributed by atoms with Crippen LogP contribution in [0.3, 0.4) is 0 Å². The fraction of sp³-hybridized carbons (Fsp3) is 0.625. The third-order valence-electron chi connectivity index (χ3n) is 4.02.